The van der Waals surface area contributed by atoms with Crippen LogP contribution in [0.25, 0.3) is 0 Å². The van der Waals surface area contributed by atoms with E-state index in [0.717, 1.165) is 10.6 Å². The highest BCUT2D eigenvalue weighted by Gasteiger charge is 1.97. The fourth-order valence-corrected chi connectivity index (χ4v) is 1.31. The first-order valence-electron chi connectivity index (χ1n) is 4.82. The second kappa shape index (κ2) is 6.18. The SMILES string of the molecule is COC(=O)C=CN(C)Cc1ccc(Cl)cc1. The first-order chi connectivity index (χ1) is 7.61. The molecule has 3 nitrogen and oxygen atoms in total. The number of rotatable bonds is 4. The molecule has 0 fully saturated rings. The van der Waals surface area contributed by atoms with Crippen LogP contribution >= 0.6 is 11.6 Å². The first kappa shape index (κ1) is 12.6. The second-order valence-electron chi connectivity index (χ2n) is 3.38. The van der Waals surface area contributed by atoms with Gasteiger partial charge in [-0.2, -0.15) is 0 Å². The maximum atomic E-state index is 10.9. The number of hydrogen-bond acceptors (Lipinski definition) is 3. The smallest absolute Gasteiger partial charge is 0.331 e. The van der Waals surface area contributed by atoms with Gasteiger partial charge in [-0.05, 0) is 17.7 Å². The highest BCUT2D eigenvalue weighted by atomic mass is 35.5. The maximum Gasteiger partial charge on any atom is 0.331 e. The Bertz CT molecular complexity index is 373. The van der Waals surface area contributed by atoms with E-state index in [1.54, 1.807) is 6.20 Å². The molecule has 1 rings (SSSR count). The van der Waals surface area contributed by atoms with E-state index in [-0.39, 0.29) is 5.97 Å². The Morgan fingerprint density at radius 2 is 2.06 bits per heavy atom. The number of ether oxygens (including phenoxy) is 1. The zero-order chi connectivity index (χ0) is 12.0. The fraction of sp³-hybridized carbons (Fsp3) is 0.250. The van der Waals surface area contributed by atoms with Gasteiger partial charge in [0.25, 0.3) is 0 Å². The van der Waals surface area contributed by atoms with Gasteiger partial charge in [0.15, 0.2) is 0 Å². The van der Waals surface area contributed by atoms with Gasteiger partial charge in [0.05, 0.1) is 7.11 Å². The molecule has 1 aromatic carbocycles. The lowest BCUT2D eigenvalue weighted by molar-refractivity contribution is -0.134. The van der Waals surface area contributed by atoms with Crippen LogP contribution in [0.1, 0.15) is 5.56 Å². The summed E-state index contributed by atoms with van der Waals surface area (Å²) in [6, 6.07) is 7.58. The molecule has 0 saturated carbocycles. The minimum Gasteiger partial charge on any atom is -0.466 e. The van der Waals surface area contributed by atoms with E-state index in [1.165, 1.54) is 13.2 Å². The highest BCUT2D eigenvalue weighted by molar-refractivity contribution is 6.30. The molecular formula is C12H14ClNO2. The summed E-state index contributed by atoms with van der Waals surface area (Å²) < 4.78 is 4.50. The normalized spacial score (nSPS) is 10.4. The number of methoxy groups -OCH3 is 1. The Hall–Kier alpha value is -1.48. The molecule has 0 heterocycles. The van der Waals surface area contributed by atoms with Gasteiger partial charge < -0.3 is 9.64 Å². The van der Waals surface area contributed by atoms with Crippen LogP contribution in [0.4, 0.5) is 0 Å². The van der Waals surface area contributed by atoms with Gasteiger partial charge in [-0.1, -0.05) is 23.7 Å². The zero-order valence-corrected chi connectivity index (χ0v) is 10.1. The molecule has 0 radical (unpaired) electrons. The third-order valence-electron chi connectivity index (χ3n) is 2.01. The molecule has 0 amide bonds. The minimum atomic E-state index is -0.358. The summed E-state index contributed by atoms with van der Waals surface area (Å²) in [4.78, 5) is 12.7. The van der Waals surface area contributed by atoms with Gasteiger partial charge in [-0.15, -0.1) is 0 Å². The second-order valence-corrected chi connectivity index (χ2v) is 3.82. The van der Waals surface area contributed by atoms with Crippen molar-refractivity contribution in [3.8, 4) is 0 Å². The van der Waals surface area contributed by atoms with E-state index in [2.05, 4.69) is 4.74 Å². The molecule has 16 heavy (non-hydrogen) atoms. The number of nitrogens with zero attached hydrogens (tertiary/aromatic N) is 1. The molecule has 0 aliphatic heterocycles. The van der Waals surface area contributed by atoms with Crippen molar-refractivity contribution in [1.82, 2.24) is 4.90 Å². The van der Waals surface area contributed by atoms with Crippen LogP contribution < -0.4 is 0 Å². The van der Waals surface area contributed by atoms with E-state index in [0.29, 0.717) is 6.54 Å². The molecule has 0 bridgehead atoms. The van der Waals surface area contributed by atoms with Crippen LogP contribution in [0.2, 0.25) is 5.02 Å². The molecule has 0 N–H and O–H groups in total. The van der Waals surface area contributed by atoms with E-state index >= 15 is 0 Å². The fourth-order valence-electron chi connectivity index (χ4n) is 1.19. The average Bonchev–Trinajstić information content (AvgIpc) is 2.29. The molecule has 0 aromatic heterocycles. The highest BCUT2D eigenvalue weighted by Crippen LogP contribution is 2.10. The predicted molar refractivity (Wildman–Crippen MR) is 64.1 cm³/mol. The summed E-state index contributed by atoms with van der Waals surface area (Å²) in [6.45, 7) is 0.713. The van der Waals surface area contributed by atoms with Crippen molar-refractivity contribution in [2.75, 3.05) is 14.2 Å². The van der Waals surface area contributed by atoms with Crippen molar-refractivity contribution in [3.05, 3.63) is 47.1 Å². The Balaban J connectivity index is 2.51. The number of hydrogen-bond donors (Lipinski definition) is 0. The number of carbonyl (C=O) groups excluding carboxylic acids is 1. The Morgan fingerprint density at radius 1 is 1.44 bits per heavy atom. The summed E-state index contributed by atoms with van der Waals surface area (Å²) in [7, 11) is 3.24. The molecule has 0 unspecified atom stereocenters. The van der Waals surface area contributed by atoms with Crippen LogP contribution in [0.15, 0.2) is 36.5 Å². The van der Waals surface area contributed by atoms with Crippen molar-refractivity contribution < 1.29 is 9.53 Å². The van der Waals surface area contributed by atoms with E-state index in [4.69, 9.17) is 11.6 Å². The van der Waals surface area contributed by atoms with Crippen molar-refractivity contribution in [2.24, 2.45) is 0 Å². The first-order valence-corrected chi connectivity index (χ1v) is 5.20. The van der Waals surface area contributed by atoms with Crippen molar-refractivity contribution in [1.29, 1.82) is 0 Å². The summed E-state index contributed by atoms with van der Waals surface area (Å²) in [6.07, 6.45) is 3.07. The number of benzene rings is 1. The van der Waals surface area contributed by atoms with Crippen LogP contribution in [0, 0.1) is 0 Å². The van der Waals surface area contributed by atoms with Crippen LogP contribution in [-0.4, -0.2) is 25.0 Å². The van der Waals surface area contributed by atoms with E-state index in [1.807, 2.05) is 36.2 Å². The summed E-state index contributed by atoms with van der Waals surface area (Å²) in [5.41, 5.74) is 1.13. The lowest BCUT2D eigenvalue weighted by Gasteiger charge is -2.13. The maximum absolute atomic E-state index is 10.9. The zero-order valence-electron chi connectivity index (χ0n) is 9.31. The van der Waals surface area contributed by atoms with Gasteiger partial charge >= 0.3 is 5.97 Å². The monoisotopic (exact) mass is 239 g/mol. The third kappa shape index (κ3) is 4.36. The Morgan fingerprint density at radius 3 is 2.62 bits per heavy atom. The standard InChI is InChI=1S/C12H14ClNO2/c1-14(8-7-12(15)16-2)9-10-3-5-11(13)6-4-10/h3-8H,9H2,1-2H3. The number of esters is 1. The van der Waals surface area contributed by atoms with Crippen LogP contribution in [0.5, 0.6) is 0 Å². The molecule has 0 atom stereocenters. The Kier molecular flexibility index (Phi) is 4.86. The number of halogens is 1. The molecule has 86 valence electrons. The van der Waals surface area contributed by atoms with Gasteiger partial charge in [0, 0.05) is 30.9 Å². The third-order valence-corrected chi connectivity index (χ3v) is 2.26. The largest absolute Gasteiger partial charge is 0.466 e. The lowest BCUT2D eigenvalue weighted by Crippen LogP contribution is -2.11. The van der Waals surface area contributed by atoms with E-state index < -0.39 is 0 Å². The molecule has 0 saturated heterocycles. The van der Waals surface area contributed by atoms with Crippen LogP contribution in [-0.2, 0) is 16.1 Å². The lowest BCUT2D eigenvalue weighted by atomic mass is 10.2. The predicted octanol–water partition coefficient (Wildman–Crippen LogP) is 2.46. The van der Waals surface area contributed by atoms with Crippen molar-refractivity contribution in [2.45, 2.75) is 6.54 Å². The van der Waals surface area contributed by atoms with Gasteiger partial charge in [0.1, 0.15) is 0 Å². The van der Waals surface area contributed by atoms with Gasteiger partial charge in [-0.3, -0.25) is 0 Å². The van der Waals surface area contributed by atoms with E-state index in [9.17, 15) is 4.79 Å². The molecule has 0 aliphatic rings. The molecule has 0 spiro atoms. The topological polar surface area (TPSA) is 29.5 Å². The average molecular weight is 240 g/mol. The minimum absolute atomic E-state index is 0.358. The quantitative estimate of drug-likeness (QED) is 0.597. The molecule has 4 heteroatoms. The summed E-state index contributed by atoms with van der Waals surface area (Å²) in [5.74, 6) is -0.358. The number of carbonyl (C=O) groups is 1. The van der Waals surface area contributed by atoms with Crippen molar-refractivity contribution in [3.63, 3.8) is 0 Å². The Labute approximate surface area is 100 Å². The van der Waals surface area contributed by atoms with Crippen LogP contribution in [0.3, 0.4) is 0 Å². The summed E-state index contributed by atoms with van der Waals surface area (Å²) >= 11 is 5.78. The van der Waals surface area contributed by atoms with Gasteiger partial charge in [0.2, 0.25) is 0 Å². The molecule has 0 aliphatic carbocycles. The van der Waals surface area contributed by atoms with Crippen molar-refractivity contribution >= 4 is 17.6 Å². The summed E-state index contributed by atoms with van der Waals surface area (Å²) in [5, 5.41) is 0.719. The van der Waals surface area contributed by atoms with Gasteiger partial charge in [-0.25, -0.2) is 4.79 Å². The molecule has 1 aromatic rings. The molecular weight excluding hydrogens is 226 g/mol.